The van der Waals surface area contributed by atoms with Gasteiger partial charge in [-0.25, -0.2) is 0 Å². The lowest BCUT2D eigenvalue weighted by Crippen LogP contribution is -2.55. The Labute approximate surface area is 156 Å². The maximum absolute atomic E-state index is 12.8. The van der Waals surface area contributed by atoms with Gasteiger partial charge in [-0.15, -0.1) is 0 Å². The number of hydrogen-bond acceptors (Lipinski definition) is 5. The lowest BCUT2D eigenvalue weighted by molar-refractivity contribution is -0.140. The van der Waals surface area contributed by atoms with Crippen LogP contribution >= 0.6 is 0 Å². The monoisotopic (exact) mass is 366 g/mol. The van der Waals surface area contributed by atoms with Crippen molar-refractivity contribution in [2.75, 3.05) is 13.7 Å². The number of fused-ring (bicyclic) bond motifs is 1. The Kier molecular flexibility index (Phi) is 5.15. The molecule has 0 aromatic rings. The van der Waals surface area contributed by atoms with Gasteiger partial charge in [-0.1, -0.05) is 32.8 Å². The number of aliphatic hydroxyl groups is 2. The fraction of sp³-hybridized carbons (Fsp3) is 0.857. The minimum atomic E-state index is -0.921. The molecule has 0 bridgehead atoms. The van der Waals surface area contributed by atoms with Crippen LogP contribution in [-0.4, -0.2) is 47.7 Å². The SMILES string of the molecule is COC1CC(O)(CCC2=C(C)C(=O)[C@@H](O)[C@H]3C(C)(C)CCC[C@]23C)CO1. The standard InChI is InChI=1S/C21H34O5/c1-13-14(7-10-21(24)11-15(25-5)26-12-21)20(4)9-6-8-19(2,3)18(20)17(23)16(13)22/h15,17-18,23-24H,6-12H2,1-5H3/t15?,17-,18+,20-,21?/m1/s1. The minimum absolute atomic E-state index is 0.0730. The zero-order valence-corrected chi connectivity index (χ0v) is 16.8. The Morgan fingerprint density at radius 3 is 2.58 bits per heavy atom. The molecule has 2 N–H and O–H groups in total. The van der Waals surface area contributed by atoms with Crippen LogP contribution in [0.4, 0.5) is 0 Å². The van der Waals surface area contributed by atoms with Crippen LogP contribution in [0.15, 0.2) is 11.1 Å². The summed E-state index contributed by atoms with van der Waals surface area (Å²) < 4.78 is 10.7. The maximum atomic E-state index is 12.8. The van der Waals surface area contributed by atoms with Crippen molar-refractivity contribution in [1.82, 2.24) is 0 Å². The number of aliphatic hydroxyl groups excluding tert-OH is 1. The first-order chi connectivity index (χ1) is 12.0. The van der Waals surface area contributed by atoms with Crippen LogP contribution in [-0.2, 0) is 14.3 Å². The van der Waals surface area contributed by atoms with Crippen molar-refractivity contribution in [2.45, 2.75) is 84.2 Å². The summed E-state index contributed by atoms with van der Waals surface area (Å²) in [5.41, 5.74) is 0.626. The summed E-state index contributed by atoms with van der Waals surface area (Å²) >= 11 is 0. The highest BCUT2D eigenvalue weighted by Gasteiger charge is 2.56. The van der Waals surface area contributed by atoms with Crippen molar-refractivity contribution in [3.63, 3.8) is 0 Å². The molecule has 0 amide bonds. The van der Waals surface area contributed by atoms with Gasteiger partial charge >= 0.3 is 0 Å². The first kappa shape index (κ1) is 20.0. The van der Waals surface area contributed by atoms with E-state index in [1.54, 1.807) is 7.11 Å². The van der Waals surface area contributed by atoms with E-state index in [4.69, 9.17) is 9.47 Å². The molecule has 0 aromatic heterocycles. The minimum Gasteiger partial charge on any atom is -0.387 e. The molecule has 5 atom stereocenters. The van der Waals surface area contributed by atoms with Gasteiger partial charge in [0.15, 0.2) is 12.1 Å². The van der Waals surface area contributed by atoms with Crippen molar-refractivity contribution in [3.05, 3.63) is 11.1 Å². The van der Waals surface area contributed by atoms with Crippen LogP contribution in [0, 0.1) is 16.7 Å². The van der Waals surface area contributed by atoms with Crippen LogP contribution in [0.25, 0.3) is 0 Å². The number of carbonyl (C=O) groups excluding carboxylic acids is 1. The third-order valence-corrected chi connectivity index (χ3v) is 7.33. The van der Waals surface area contributed by atoms with E-state index in [-0.39, 0.29) is 35.4 Å². The highest BCUT2D eigenvalue weighted by Crippen LogP contribution is 2.59. The number of Topliss-reactive ketones (excluding diaryl/α,β-unsaturated/α-hetero) is 1. The summed E-state index contributed by atoms with van der Waals surface area (Å²) in [6.07, 6.45) is 3.48. The van der Waals surface area contributed by atoms with Crippen LogP contribution < -0.4 is 0 Å². The fourth-order valence-corrected chi connectivity index (χ4v) is 5.98. The van der Waals surface area contributed by atoms with Crippen LogP contribution in [0.1, 0.15) is 66.2 Å². The Hall–Kier alpha value is -0.750. The molecule has 1 saturated heterocycles. The zero-order chi connectivity index (χ0) is 19.3. The number of ketones is 1. The van der Waals surface area contributed by atoms with E-state index in [9.17, 15) is 15.0 Å². The van der Waals surface area contributed by atoms with E-state index in [1.165, 1.54) is 0 Å². The van der Waals surface area contributed by atoms with Gasteiger partial charge in [0.05, 0.1) is 12.2 Å². The van der Waals surface area contributed by atoms with E-state index in [0.29, 0.717) is 24.8 Å². The van der Waals surface area contributed by atoms with E-state index in [2.05, 4.69) is 20.8 Å². The van der Waals surface area contributed by atoms with Gasteiger partial charge in [-0.3, -0.25) is 4.79 Å². The van der Waals surface area contributed by atoms with Crippen LogP contribution in [0.5, 0.6) is 0 Å². The van der Waals surface area contributed by atoms with Gasteiger partial charge in [0, 0.05) is 19.4 Å². The highest BCUT2D eigenvalue weighted by atomic mass is 16.7. The Morgan fingerprint density at radius 2 is 1.96 bits per heavy atom. The molecular weight excluding hydrogens is 332 g/mol. The second kappa shape index (κ2) is 6.69. The number of rotatable bonds is 4. The lowest BCUT2D eigenvalue weighted by Gasteiger charge is -2.56. The molecule has 2 fully saturated rings. The summed E-state index contributed by atoms with van der Waals surface area (Å²) in [5.74, 6) is -0.210. The number of methoxy groups -OCH3 is 1. The Balaban J connectivity index is 1.88. The van der Waals surface area contributed by atoms with E-state index < -0.39 is 11.7 Å². The maximum Gasteiger partial charge on any atom is 0.187 e. The number of allylic oxidation sites excluding steroid dienone is 1. The molecule has 3 aliphatic rings. The predicted octanol–water partition coefficient (Wildman–Crippen LogP) is 2.98. The summed E-state index contributed by atoms with van der Waals surface area (Å²) in [4.78, 5) is 12.8. The first-order valence-electron chi connectivity index (χ1n) is 9.83. The highest BCUT2D eigenvalue weighted by molar-refractivity contribution is 6.00. The number of ether oxygens (including phenoxy) is 2. The second-order valence-corrected chi connectivity index (χ2v) is 9.55. The average Bonchev–Trinajstić information content (AvgIpc) is 2.93. The van der Waals surface area contributed by atoms with Crippen molar-refractivity contribution in [3.8, 4) is 0 Å². The van der Waals surface area contributed by atoms with Crippen LogP contribution in [0.2, 0.25) is 0 Å². The Morgan fingerprint density at radius 1 is 1.27 bits per heavy atom. The third kappa shape index (κ3) is 3.17. The molecule has 1 saturated carbocycles. The molecule has 5 nitrogen and oxygen atoms in total. The second-order valence-electron chi connectivity index (χ2n) is 9.55. The van der Waals surface area contributed by atoms with Gasteiger partial charge in [-0.05, 0) is 49.0 Å². The molecule has 5 heteroatoms. The van der Waals surface area contributed by atoms with Gasteiger partial charge in [-0.2, -0.15) is 0 Å². The summed E-state index contributed by atoms with van der Waals surface area (Å²) in [5, 5.41) is 21.6. The van der Waals surface area contributed by atoms with Crippen molar-refractivity contribution >= 4 is 5.78 Å². The largest absolute Gasteiger partial charge is 0.387 e. The zero-order valence-electron chi connectivity index (χ0n) is 16.8. The molecule has 148 valence electrons. The quantitative estimate of drug-likeness (QED) is 0.800. The smallest absolute Gasteiger partial charge is 0.187 e. The van der Waals surface area contributed by atoms with Crippen molar-refractivity contribution in [1.29, 1.82) is 0 Å². The molecular formula is C21H34O5. The van der Waals surface area contributed by atoms with Crippen molar-refractivity contribution < 1.29 is 24.5 Å². The van der Waals surface area contributed by atoms with Gasteiger partial charge in [0.1, 0.15) is 6.10 Å². The summed E-state index contributed by atoms with van der Waals surface area (Å²) in [6.45, 7) is 8.66. The third-order valence-electron chi connectivity index (χ3n) is 7.33. The lowest BCUT2D eigenvalue weighted by atomic mass is 9.48. The molecule has 2 unspecified atom stereocenters. The molecule has 1 aliphatic heterocycles. The first-order valence-corrected chi connectivity index (χ1v) is 9.83. The molecule has 0 spiro atoms. The molecule has 0 aromatic carbocycles. The fourth-order valence-electron chi connectivity index (χ4n) is 5.98. The molecule has 1 heterocycles. The molecule has 2 aliphatic carbocycles. The summed E-state index contributed by atoms with van der Waals surface area (Å²) in [7, 11) is 1.58. The predicted molar refractivity (Wildman–Crippen MR) is 98.5 cm³/mol. The van der Waals surface area contributed by atoms with Gasteiger partial charge in [0.25, 0.3) is 0 Å². The molecule has 3 rings (SSSR count). The normalized spacial score (nSPS) is 42.9. The number of carbonyl (C=O) groups is 1. The van der Waals surface area contributed by atoms with E-state index in [0.717, 1.165) is 24.8 Å². The molecule has 26 heavy (non-hydrogen) atoms. The van der Waals surface area contributed by atoms with E-state index in [1.807, 2.05) is 6.92 Å². The van der Waals surface area contributed by atoms with Gasteiger partial charge in [0.2, 0.25) is 0 Å². The summed E-state index contributed by atoms with van der Waals surface area (Å²) in [6, 6.07) is 0. The van der Waals surface area contributed by atoms with Gasteiger partial charge < -0.3 is 19.7 Å². The number of hydrogen-bond donors (Lipinski definition) is 2. The Bertz CT molecular complexity index is 610. The van der Waals surface area contributed by atoms with E-state index >= 15 is 0 Å². The topological polar surface area (TPSA) is 76.0 Å². The van der Waals surface area contributed by atoms with Crippen LogP contribution in [0.3, 0.4) is 0 Å². The molecule has 0 radical (unpaired) electrons. The average molecular weight is 366 g/mol. The van der Waals surface area contributed by atoms with Crippen molar-refractivity contribution in [2.24, 2.45) is 16.7 Å².